The Labute approximate surface area is 95.4 Å². The maximum absolute atomic E-state index is 8.24. The van der Waals surface area contributed by atoms with Gasteiger partial charge in [0.2, 0.25) is 0 Å². The van der Waals surface area contributed by atoms with Crippen LogP contribution in [-0.4, -0.2) is 6.54 Å². The van der Waals surface area contributed by atoms with Crippen molar-refractivity contribution in [1.82, 2.24) is 0 Å². The van der Waals surface area contributed by atoms with Crippen LogP contribution in [0.3, 0.4) is 0 Å². The summed E-state index contributed by atoms with van der Waals surface area (Å²) in [5.74, 6) is 0. The van der Waals surface area contributed by atoms with E-state index in [1.807, 2.05) is 0 Å². The van der Waals surface area contributed by atoms with Crippen molar-refractivity contribution in [1.29, 1.82) is 0 Å². The van der Waals surface area contributed by atoms with Gasteiger partial charge < -0.3 is 10.6 Å². The zero-order valence-electron chi connectivity index (χ0n) is 10.8. The quantitative estimate of drug-likeness (QED) is 0.372. The molecule has 15 heavy (non-hydrogen) atoms. The second-order valence-corrected chi connectivity index (χ2v) is 5.65. The van der Waals surface area contributed by atoms with Crippen LogP contribution < -0.4 is 0 Å². The highest BCUT2D eigenvalue weighted by atomic mass is 14.9. The van der Waals surface area contributed by atoms with Gasteiger partial charge in [-0.05, 0) is 18.3 Å². The van der Waals surface area contributed by atoms with Crippen LogP contribution in [0.4, 0.5) is 0 Å². The molecule has 0 aliphatic carbocycles. The van der Waals surface area contributed by atoms with E-state index in [4.69, 9.17) is 5.53 Å². The summed E-state index contributed by atoms with van der Waals surface area (Å²) in [7, 11) is 0. The van der Waals surface area contributed by atoms with Crippen molar-refractivity contribution in [2.24, 2.45) is 10.5 Å². The summed E-state index contributed by atoms with van der Waals surface area (Å²) in [5.41, 5.74) is 8.74. The van der Waals surface area contributed by atoms with Crippen LogP contribution in [0.5, 0.6) is 0 Å². The van der Waals surface area contributed by atoms with Gasteiger partial charge in [0.05, 0.1) is 0 Å². The zero-order valence-corrected chi connectivity index (χ0v) is 10.8. The maximum Gasteiger partial charge on any atom is 0.0151 e. The molecule has 0 atom stereocenters. The van der Waals surface area contributed by atoms with Crippen molar-refractivity contribution >= 4 is 0 Å². The van der Waals surface area contributed by atoms with Gasteiger partial charge in [-0.15, -0.1) is 0 Å². The molecule has 0 aromatic carbocycles. The number of unbranched alkanes of at least 4 members (excludes halogenated alkanes) is 6. The Morgan fingerprint density at radius 3 is 1.73 bits per heavy atom. The molecule has 2 nitrogen and oxygen atoms in total. The van der Waals surface area contributed by atoms with Crippen LogP contribution in [0, 0.1) is 5.41 Å². The first-order valence-corrected chi connectivity index (χ1v) is 6.37. The normalized spacial score (nSPS) is 11.7. The predicted octanol–water partition coefficient (Wildman–Crippen LogP) is 5.17. The van der Waals surface area contributed by atoms with Gasteiger partial charge in [0.25, 0.3) is 0 Å². The second-order valence-electron chi connectivity index (χ2n) is 5.65. The molecule has 0 saturated heterocycles. The lowest BCUT2D eigenvalue weighted by Crippen LogP contribution is -2.03. The molecule has 0 radical (unpaired) electrons. The van der Waals surface area contributed by atoms with Crippen LogP contribution in [0.25, 0.3) is 5.53 Å². The predicted molar refractivity (Wildman–Crippen MR) is 67.0 cm³/mol. The lowest BCUT2D eigenvalue weighted by molar-refractivity contribution is 0.356. The fourth-order valence-electron chi connectivity index (χ4n) is 1.72. The third-order valence-corrected chi connectivity index (χ3v) is 2.68. The maximum atomic E-state index is 8.24. The molecular weight excluding hydrogens is 184 g/mol. The van der Waals surface area contributed by atoms with Gasteiger partial charge in [0, 0.05) is 6.54 Å². The van der Waals surface area contributed by atoms with Gasteiger partial charge in [-0.25, -0.2) is 0 Å². The molecule has 0 saturated carbocycles. The zero-order chi connectivity index (χ0) is 11.6. The smallest absolute Gasteiger partial charge is 0.0151 e. The minimum absolute atomic E-state index is 0.503. The molecule has 0 rings (SSSR count). The summed E-state index contributed by atoms with van der Waals surface area (Å²) in [4.78, 5) is 0. The Balaban J connectivity index is 3.02. The Morgan fingerprint density at radius 1 is 0.800 bits per heavy atom. The Hall–Kier alpha value is -0.400. The molecule has 0 bridgehead atoms. The van der Waals surface area contributed by atoms with E-state index in [2.05, 4.69) is 25.9 Å². The summed E-state index contributed by atoms with van der Waals surface area (Å²) in [6, 6.07) is 0. The summed E-state index contributed by atoms with van der Waals surface area (Å²) >= 11 is 0. The lowest BCUT2D eigenvalue weighted by atomic mass is 9.89. The fourth-order valence-corrected chi connectivity index (χ4v) is 1.72. The van der Waals surface area contributed by atoms with Crippen molar-refractivity contribution in [3.8, 4) is 0 Å². The van der Waals surface area contributed by atoms with E-state index in [9.17, 15) is 0 Å². The van der Waals surface area contributed by atoms with E-state index in [0.717, 1.165) is 6.42 Å². The van der Waals surface area contributed by atoms with Crippen LogP contribution in [0.2, 0.25) is 0 Å². The highest BCUT2D eigenvalue weighted by Crippen LogP contribution is 2.22. The van der Waals surface area contributed by atoms with E-state index in [0.29, 0.717) is 12.0 Å². The van der Waals surface area contributed by atoms with E-state index in [1.54, 1.807) is 0 Å². The molecule has 0 aliphatic heterocycles. The molecule has 0 unspecified atom stereocenters. The molecule has 0 heterocycles. The van der Waals surface area contributed by atoms with Crippen molar-refractivity contribution in [3.05, 3.63) is 5.53 Å². The van der Waals surface area contributed by atoms with Gasteiger partial charge in [0.15, 0.2) is 0 Å². The van der Waals surface area contributed by atoms with E-state index >= 15 is 0 Å². The Bertz CT molecular complexity index is 147. The van der Waals surface area contributed by atoms with Gasteiger partial charge >= 0.3 is 0 Å². The second kappa shape index (κ2) is 8.87. The largest absolute Gasteiger partial charge is 0.712 e. The molecule has 0 fully saturated rings. The molecule has 0 spiro atoms. The fraction of sp³-hybridized carbons (Fsp3) is 1.00. The van der Waals surface area contributed by atoms with E-state index in [1.165, 1.54) is 44.9 Å². The van der Waals surface area contributed by atoms with E-state index < -0.39 is 0 Å². The van der Waals surface area contributed by atoms with Crippen molar-refractivity contribution in [2.45, 2.75) is 72.1 Å². The number of hydrogen-bond acceptors (Lipinski definition) is 1. The molecule has 0 N–H and O–H groups in total. The third-order valence-electron chi connectivity index (χ3n) is 2.68. The highest BCUT2D eigenvalue weighted by molar-refractivity contribution is 4.61. The molecule has 0 aliphatic rings. The van der Waals surface area contributed by atoms with Crippen molar-refractivity contribution in [3.63, 3.8) is 0 Å². The Morgan fingerprint density at radius 2 is 1.27 bits per heavy atom. The van der Waals surface area contributed by atoms with Gasteiger partial charge in [-0.1, -0.05) is 59.3 Å². The summed E-state index contributed by atoms with van der Waals surface area (Å²) in [6.07, 6.45) is 10.3. The molecular formula is C13H27N2-. The number of rotatable bonds is 9. The first-order chi connectivity index (χ1) is 7.06. The Kier molecular flexibility index (Phi) is 8.64. The van der Waals surface area contributed by atoms with Crippen LogP contribution in [-0.2, 0) is 0 Å². The van der Waals surface area contributed by atoms with Crippen LogP contribution in [0.1, 0.15) is 72.1 Å². The van der Waals surface area contributed by atoms with Crippen molar-refractivity contribution in [2.75, 3.05) is 6.54 Å². The van der Waals surface area contributed by atoms with Crippen LogP contribution in [0.15, 0.2) is 5.11 Å². The average molecular weight is 211 g/mol. The highest BCUT2D eigenvalue weighted by Gasteiger charge is 2.08. The molecule has 0 aromatic heterocycles. The third kappa shape index (κ3) is 13.6. The lowest BCUT2D eigenvalue weighted by Gasteiger charge is -2.17. The molecule has 90 valence electrons. The number of nitrogens with zero attached hydrogens (tertiary/aromatic N) is 2. The van der Waals surface area contributed by atoms with Crippen molar-refractivity contribution < 1.29 is 0 Å². The minimum atomic E-state index is 0.503. The average Bonchev–Trinajstić information content (AvgIpc) is 2.14. The molecule has 0 amide bonds. The van der Waals surface area contributed by atoms with Gasteiger partial charge in [0.1, 0.15) is 0 Å². The van der Waals surface area contributed by atoms with Crippen LogP contribution >= 0.6 is 0 Å². The molecule has 0 aromatic rings. The van der Waals surface area contributed by atoms with Gasteiger partial charge in [-0.3, -0.25) is 0 Å². The number of hydrogen-bond donors (Lipinski definition) is 0. The standard InChI is InChI=1S/C13H27N2/c1-13(2,3)11-9-7-5-4-6-8-10-12-15-14/h4-12H2,1-3H3/q-1. The first kappa shape index (κ1) is 14.6. The summed E-state index contributed by atoms with van der Waals surface area (Å²) in [5, 5.41) is 3.11. The SMILES string of the molecule is CC(C)(C)CCCCCCCCCN=[N-]. The topological polar surface area (TPSA) is 34.7 Å². The molecule has 2 heteroatoms. The minimum Gasteiger partial charge on any atom is -0.712 e. The summed E-state index contributed by atoms with van der Waals surface area (Å²) < 4.78 is 0. The van der Waals surface area contributed by atoms with Gasteiger partial charge in [-0.2, -0.15) is 0 Å². The first-order valence-electron chi connectivity index (χ1n) is 6.37. The summed E-state index contributed by atoms with van der Waals surface area (Å²) in [6.45, 7) is 7.55. The monoisotopic (exact) mass is 211 g/mol. The van der Waals surface area contributed by atoms with E-state index in [-0.39, 0.29) is 0 Å².